The van der Waals surface area contributed by atoms with Crippen LogP contribution in [0, 0.1) is 6.92 Å². The topological polar surface area (TPSA) is 105 Å². The first-order chi connectivity index (χ1) is 17.9. The molecule has 2 saturated heterocycles. The first-order valence-corrected chi connectivity index (χ1v) is 12.4. The summed E-state index contributed by atoms with van der Waals surface area (Å²) in [6.45, 7) is 3.49. The maximum absolute atomic E-state index is 13.0. The number of benzene rings is 2. The highest BCUT2D eigenvalue weighted by atomic mass is 16.5. The highest BCUT2D eigenvalue weighted by molar-refractivity contribution is 5.95. The summed E-state index contributed by atoms with van der Waals surface area (Å²) in [6, 6.07) is 12.5. The van der Waals surface area contributed by atoms with Crippen LogP contribution in [0.2, 0.25) is 0 Å². The smallest absolute Gasteiger partial charge is 0.251 e. The molecule has 1 unspecified atom stereocenters. The summed E-state index contributed by atoms with van der Waals surface area (Å²) in [5, 5.41) is 2.94. The minimum absolute atomic E-state index is 0.0139. The molecule has 0 saturated carbocycles. The molecule has 1 aromatic heterocycles. The van der Waals surface area contributed by atoms with Gasteiger partial charge in [-0.1, -0.05) is 6.07 Å². The van der Waals surface area contributed by atoms with E-state index in [4.69, 9.17) is 4.74 Å². The number of amides is 3. The van der Waals surface area contributed by atoms with Gasteiger partial charge in [-0.2, -0.15) is 0 Å². The number of likely N-dealkylation sites (N-methyl/N-ethyl adjacent to an activating group) is 1. The summed E-state index contributed by atoms with van der Waals surface area (Å²) in [4.78, 5) is 49.2. The van der Waals surface area contributed by atoms with E-state index < -0.39 is 0 Å². The molecule has 2 fully saturated rings. The van der Waals surface area contributed by atoms with Gasteiger partial charge in [0.15, 0.2) is 0 Å². The fourth-order valence-corrected chi connectivity index (χ4v) is 4.59. The van der Waals surface area contributed by atoms with Crippen molar-refractivity contribution in [3.05, 3.63) is 71.7 Å². The van der Waals surface area contributed by atoms with E-state index in [1.807, 2.05) is 37.3 Å². The van der Waals surface area contributed by atoms with Gasteiger partial charge in [0.05, 0.1) is 23.6 Å². The number of aryl methyl sites for hydroxylation is 1. The number of ether oxygens (including phenoxy) is 1. The van der Waals surface area contributed by atoms with Crippen molar-refractivity contribution in [1.82, 2.24) is 25.1 Å². The van der Waals surface area contributed by atoms with Crippen LogP contribution in [-0.4, -0.2) is 63.7 Å². The number of hydrogen-bond donors (Lipinski definition) is 1. The zero-order valence-corrected chi connectivity index (χ0v) is 20.9. The van der Waals surface area contributed by atoms with Gasteiger partial charge in [-0.05, 0) is 49.7 Å². The zero-order chi connectivity index (χ0) is 25.9. The fourth-order valence-electron chi connectivity index (χ4n) is 4.59. The molecular formula is C28H29N5O4. The Kier molecular flexibility index (Phi) is 6.85. The quantitative estimate of drug-likeness (QED) is 0.535. The molecule has 3 amide bonds. The summed E-state index contributed by atoms with van der Waals surface area (Å²) in [5.74, 6) is 0.967. The van der Waals surface area contributed by atoms with Gasteiger partial charge in [-0.15, -0.1) is 0 Å². The van der Waals surface area contributed by atoms with E-state index in [9.17, 15) is 14.4 Å². The van der Waals surface area contributed by atoms with Crippen LogP contribution in [0.15, 0.2) is 54.9 Å². The molecule has 0 aliphatic carbocycles. The van der Waals surface area contributed by atoms with Crippen molar-refractivity contribution in [2.45, 2.75) is 38.8 Å². The average Bonchev–Trinajstić information content (AvgIpc) is 3.44. The molecule has 190 valence electrons. The van der Waals surface area contributed by atoms with Gasteiger partial charge in [-0.25, -0.2) is 0 Å². The molecule has 9 nitrogen and oxygen atoms in total. The van der Waals surface area contributed by atoms with E-state index in [1.165, 1.54) is 0 Å². The average molecular weight is 500 g/mol. The fraction of sp³-hybridized carbons (Fsp3) is 0.321. The zero-order valence-electron chi connectivity index (χ0n) is 20.9. The highest BCUT2D eigenvalue weighted by Crippen LogP contribution is 2.30. The van der Waals surface area contributed by atoms with Crippen molar-refractivity contribution >= 4 is 17.7 Å². The molecule has 1 atom stereocenters. The van der Waals surface area contributed by atoms with Gasteiger partial charge in [0.25, 0.3) is 5.91 Å². The number of carbonyl (C=O) groups excluding carboxylic acids is 3. The Bertz CT molecular complexity index is 1320. The molecule has 0 bridgehead atoms. The number of carbonyl (C=O) groups is 3. The third kappa shape index (κ3) is 5.61. The Morgan fingerprint density at radius 2 is 1.89 bits per heavy atom. The van der Waals surface area contributed by atoms with E-state index in [0.29, 0.717) is 49.5 Å². The largest absolute Gasteiger partial charge is 0.457 e. The SMILES string of the molecule is Cc1cnc(-c2ccc(Oc3cc(C(=O)NC4CC(=O)N(C)C4)ccc3CN3CCCC3=O)cc2)cn1. The van der Waals surface area contributed by atoms with Gasteiger partial charge in [0.2, 0.25) is 11.8 Å². The van der Waals surface area contributed by atoms with Crippen LogP contribution in [0.1, 0.15) is 40.9 Å². The van der Waals surface area contributed by atoms with E-state index >= 15 is 0 Å². The molecule has 2 aromatic carbocycles. The van der Waals surface area contributed by atoms with E-state index in [-0.39, 0.29) is 23.8 Å². The van der Waals surface area contributed by atoms with Crippen LogP contribution < -0.4 is 10.1 Å². The van der Waals surface area contributed by atoms with Crippen LogP contribution in [0.3, 0.4) is 0 Å². The molecule has 0 spiro atoms. The predicted molar refractivity (Wildman–Crippen MR) is 137 cm³/mol. The third-order valence-corrected chi connectivity index (χ3v) is 6.70. The first-order valence-electron chi connectivity index (χ1n) is 12.4. The van der Waals surface area contributed by atoms with Gasteiger partial charge in [0, 0.05) is 62.4 Å². The lowest BCUT2D eigenvalue weighted by molar-refractivity contribution is -0.128. The summed E-state index contributed by atoms with van der Waals surface area (Å²) in [7, 11) is 1.73. The Labute approximate surface area is 215 Å². The highest BCUT2D eigenvalue weighted by Gasteiger charge is 2.28. The number of hydrogen-bond acceptors (Lipinski definition) is 6. The number of nitrogens with one attached hydrogen (secondary N) is 1. The molecule has 2 aliphatic rings. The van der Waals surface area contributed by atoms with Gasteiger partial charge in [-0.3, -0.25) is 24.4 Å². The normalized spacial score (nSPS) is 17.4. The number of nitrogens with zero attached hydrogens (tertiary/aromatic N) is 4. The minimum atomic E-state index is -0.268. The Balaban J connectivity index is 1.37. The second kappa shape index (κ2) is 10.4. The predicted octanol–water partition coefficient (Wildman–Crippen LogP) is 3.33. The van der Waals surface area contributed by atoms with Crippen molar-refractivity contribution in [2.24, 2.45) is 0 Å². The molecule has 3 aromatic rings. The maximum atomic E-state index is 13.0. The van der Waals surface area contributed by atoms with Gasteiger partial charge in [0.1, 0.15) is 11.5 Å². The van der Waals surface area contributed by atoms with Crippen molar-refractivity contribution < 1.29 is 19.1 Å². The lowest BCUT2D eigenvalue weighted by atomic mass is 10.1. The number of rotatable bonds is 7. The monoisotopic (exact) mass is 499 g/mol. The van der Waals surface area contributed by atoms with Gasteiger partial charge >= 0.3 is 0 Å². The molecule has 3 heterocycles. The lowest BCUT2D eigenvalue weighted by Crippen LogP contribution is -2.36. The minimum Gasteiger partial charge on any atom is -0.457 e. The van der Waals surface area contributed by atoms with Crippen molar-refractivity contribution in [3.8, 4) is 22.8 Å². The Morgan fingerprint density at radius 3 is 2.54 bits per heavy atom. The summed E-state index contributed by atoms with van der Waals surface area (Å²) >= 11 is 0. The van der Waals surface area contributed by atoms with Crippen LogP contribution >= 0.6 is 0 Å². The van der Waals surface area contributed by atoms with Gasteiger partial charge < -0.3 is 19.9 Å². The van der Waals surface area contributed by atoms with Crippen LogP contribution in [0.4, 0.5) is 0 Å². The standard InChI is InChI=1S/C28H29N5O4/c1-18-14-30-24(15-29-18)19-7-9-23(10-8-19)37-25-12-20(28(36)31-22-13-27(35)32(2)17-22)5-6-21(25)16-33-11-3-4-26(33)34/h5-10,12,14-15,22H,3-4,11,13,16-17H2,1-2H3,(H,31,36). The Hall–Kier alpha value is -4.27. The van der Waals surface area contributed by atoms with Crippen molar-refractivity contribution in [2.75, 3.05) is 20.1 Å². The van der Waals surface area contributed by atoms with E-state index in [2.05, 4.69) is 15.3 Å². The second-order valence-electron chi connectivity index (χ2n) is 9.56. The molecule has 2 aliphatic heterocycles. The third-order valence-electron chi connectivity index (χ3n) is 6.70. The molecule has 9 heteroatoms. The van der Waals surface area contributed by atoms with E-state index in [1.54, 1.807) is 41.4 Å². The number of likely N-dealkylation sites (tertiary alicyclic amines) is 2. The van der Waals surface area contributed by atoms with E-state index in [0.717, 1.165) is 28.9 Å². The molecule has 37 heavy (non-hydrogen) atoms. The number of aromatic nitrogens is 2. The summed E-state index contributed by atoms with van der Waals surface area (Å²) in [5.41, 5.74) is 3.77. The maximum Gasteiger partial charge on any atom is 0.251 e. The van der Waals surface area contributed by atoms with Crippen LogP contribution in [0.25, 0.3) is 11.3 Å². The summed E-state index contributed by atoms with van der Waals surface area (Å²) in [6.07, 6.45) is 5.14. The molecule has 5 rings (SSSR count). The van der Waals surface area contributed by atoms with Crippen LogP contribution in [-0.2, 0) is 16.1 Å². The molecular weight excluding hydrogens is 470 g/mol. The van der Waals surface area contributed by atoms with Crippen LogP contribution in [0.5, 0.6) is 11.5 Å². The van der Waals surface area contributed by atoms with Crippen molar-refractivity contribution in [1.29, 1.82) is 0 Å². The summed E-state index contributed by atoms with van der Waals surface area (Å²) < 4.78 is 6.24. The van der Waals surface area contributed by atoms with Crippen molar-refractivity contribution in [3.63, 3.8) is 0 Å². The second-order valence-corrected chi connectivity index (χ2v) is 9.56. The Morgan fingerprint density at radius 1 is 1.08 bits per heavy atom. The first kappa shape index (κ1) is 24.4. The lowest BCUT2D eigenvalue weighted by Gasteiger charge is -2.19. The molecule has 0 radical (unpaired) electrons. The molecule has 1 N–H and O–H groups in total.